The van der Waals surface area contributed by atoms with E-state index in [1.54, 1.807) is 54.1 Å². The molecule has 1 amide bonds. The van der Waals surface area contributed by atoms with Crippen molar-refractivity contribution >= 4 is 34.3 Å². The van der Waals surface area contributed by atoms with Gasteiger partial charge >= 0.3 is 0 Å². The zero-order chi connectivity index (χ0) is 21.8. The first-order valence-electron chi connectivity index (χ1n) is 9.70. The monoisotopic (exact) mass is 433 g/mol. The van der Waals surface area contributed by atoms with Crippen LogP contribution in [0.4, 0.5) is 0 Å². The van der Waals surface area contributed by atoms with Crippen LogP contribution in [-0.2, 0) is 17.9 Å². The average molecular weight is 434 g/mol. The maximum Gasteiger partial charge on any atom is 0.240 e. The summed E-state index contributed by atoms with van der Waals surface area (Å²) in [4.78, 5) is 30.3. The number of rotatable bonds is 7. The van der Waals surface area contributed by atoms with E-state index >= 15 is 0 Å². The molecule has 0 spiro atoms. The van der Waals surface area contributed by atoms with Gasteiger partial charge in [-0.05, 0) is 35.9 Å². The van der Waals surface area contributed by atoms with Gasteiger partial charge in [-0.15, -0.1) is 0 Å². The lowest BCUT2D eigenvalue weighted by Crippen LogP contribution is -2.28. The molecule has 0 bridgehead atoms. The van der Waals surface area contributed by atoms with Crippen LogP contribution < -0.4 is 10.1 Å². The summed E-state index contributed by atoms with van der Waals surface area (Å²) in [6.07, 6.45) is 0. The van der Waals surface area contributed by atoms with Crippen LogP contribution in [-0.4, -0.2) is 28.4 Å². The van der Waals surface area contributed by atoms with Crippen LogP contribution in [0.1, 0.15) is 21.7 Å². The van der Waals surface area contributed by atoms with E-state index in [0.29, 0.717) is 28.2 Å². The van der Waals surface area contributed by atoms with E-state index in [0.717, 1.165) is 11.3 Å². The largest absolute Gasteiger partial charge is 0.497 e. The van der Waals surface area contributed by atoms with Gasteiger partial charge in [0.25, 0.3) is 0 Å². The maximum atomic E-state index is 13.1. The number of imidazole rings is 1. The molecule has 7 heteroatoms. The number of carbonyl (C=O) groups is 2. The van der Waals surface area contributed by atoms with Crippen LogP contribution in [0.15, 0.2) is 72.8 Å². The number of methoxy groups -OCH3 is 1. The summed E-state index contributed by atoms with van der Waals surface area (Å²) in [5.41, 5.74) is 2.68. The first kappa shape index (κ1) is 20.6. The molecule has 1 N–H and O–H groups in total. The lowest BCUT2D eigenvalue weighted by molar-refractivity contribution is -0.121. The van der Waals surface area contributed by atoms with Crippen LogP contribution in [0.2, 0.25) is 5.02 Å². The minimum Gasteiger partial charge on any atom is -0.497 e. The Labute approximate surface area is 184 Å². The van der Waals surface area contributed by atoms with Crippen LogP contribution in [0.5, 0.6) is 5.75 Å². The van der Waals surface area contributed by atoms with E-state index in [2.05, 4.69) is 10.3 Å². The molecule has 3 aromatic carbocycles. The number of ether oxygens (including phenoxy) is 1. The number of fused-ring (bicyclic) bond motifs is 1. The van der Waals surface area contributed by atoms with Crippen molar-refractivity contribution < 1.29 is 14.3 Å². The molecule has 1 heterocycles. The van der Waals surface area contributed by atoms with Crippen LogP contribution in [0, 0.1) is 0 Å². The molecular formula is C24H20ClN3O3. The molecule has 6 nitrogen and oxygen atoms in total. The average Bonchev–Trinajstić information content (AvgIpc) is 3.15. The third-order valence-electron chi connectivity index (χ3n) is 4.90. The summed E-state index contributed by atoms with van der Waals surface area (Å²) < 4.78 is 6.78. The van der Waals surface area contributed by atoms with Crippen LogP contribution in [0.3, 0.4) is 0 Å². The van der Waals surface area contributed by atoms with Crippen molar-refractivity contribution in [2.45, 2.75) is 13.1 Å². The van der Waals surface area contributed by atoms with Gasteiger partial charge in [0.1, 0.15) is 12.3 Å². The van der Waals surface area contributed by atoms with Crippen molar-refractivity contribution in [3.05, 3.63) is 94.8 Å². The highest BCUT2D eigenvalue weighted by Crippen LogP contribution is 2.22. The van der Waals surface area contributed by atoms with Gasteiger partial charge in [0, 0.05) is 17.1 Å². The van der Waals surface area contributed by atoms with Crippen LogP contribution >= 0.6 is 11.6 Å². The molecule has 0 atom stereocenters. The Morgan fingerprint density at radius 2 is 1.77 bits per heavy atom. The van der Waals surface area contributed by atoms with E-state index in [4.69, 9.17) is 16.3 Å². The summed E-state index contributed by atoms with van der Waals surface area (Å²) in [5, 5.41) is 3.40. The van der Waals surface area contributed by atoms with E-state index in [-0.39, 0.29) is 24.1 Å². The number of hydrogen-bond acceptors (Lipinski definition) is 4. The smallest absolute Gasteiger partial charge is 0.240 e. The number of carbonyl (C=O) groups excluding carboxylic acids is 2. The molecule has 0 radical (unpaired) electrons. The zero-order valence-corrected chi connectivity index (χ0v) is 17.6. The Hall–Kier alpha value is -3.64. The van der Waals surface area contributed by atoms with E-state index in [1.807, 2.05) is 30.3 Å². The Bertz CT molecular complexity index is 1230. The van der Waals surface area contributed by atoms with Crippen LogP contribution in [0.25, 0.3) is 11.0 Å². The third kappa shape index (κ3) is 4.59. The predicted octanol–water partition coefficient (Wildman–Crippen LogP) is 4.25. The molecule has 4 rings (SSSR count). The van der Waals surface area contributed by atoms with Crippen molar-refractivity contribution in [1.29, 1.82) is 0 Å². The molecule has 0 aliphatic rings. The second-order valence-corrected chi connectivity index (χ2v) is 7.41. The van der Waals surface area contributed by atoms with Gasteiger partial charge in [0.05, 0.1) is 18.1 Å². The molecule has 0 saturated carbocycles. The fourth-order valence-corrected chi connectivity index (χ4v) is 3.46. The third-order valence-corrected chi connectivity index (χ3v) is 5.13. The quantitative estimate of drug-likeness (QED) is 0.442. The standard InChI is InChI=1S/C24H20ClN3O3/c1-31-19-10-7-16(8-11-19)14-26-22(29)15-28-21-12-9-18(25)13-20(21)27-24(28)23(30)17-5-3-2-4-6-17/h2-13H,14-15H2,1H3,(H,26,29). The first-order valence-corrected chi connectivity index (χ1v) is 10.1. The normalized spacial score (nSPS) is 10.8. The molecule has 4 aromatic rings. The fourth-order valence-electron chi connectivity index (χ4n) is 3.30. The van der Waals surface area contributed by atoms with Crippen molar-refractivity contribution in [1.82, 2.24) is 14.9 Å². The van der Waals surface area contributed by atoms with Gasteiger partial charge in [0.2, 0.25) is 11.7 Å². The number of hydrogen-bond donors (Lipinski definition) is 1. The number of halogens is 1. The van der Waals surface area contributed by atoms with E-state index in [9.17, 15) is 9.59 Å². The molecule has 0 aliphatic heterocycles. The number of aromatic nitrogens is 2. The fraction of sp³-hybridized carbons (Fsp3) is 0.125. The van der Waals surface area contributed by atoms with Gasteiger partial charge in [-0.25, -0.2) is 4.98 Å². The molecule has 1 aromatic heterocycles. The molecule has 0 saturated heterocycles. The second kappa shape index (κ2) is 9.02. The Morgan fingerprint density at radius 3 is 2.48 bits per heavy atom. The molecule has 0 aliphatic carbocycles. The Kier molecular flexibility index (Phi) is 6.00. The number of amides is 1. The van der Waals surface area contributed by atoms with Gasteiger partial charge in [0.15, 0.2) is 5.82 Å². The van der Waals surface area contributed by atoms with Gasteiger partial charge in [-0.3, -0.25) is 9.59 Å². The Morgan fingerprint density at radius 1 is 1.03 bits per heavy atom. The lowest BCUT2D eigenvalue weighted by atomic mass is 10.1. The highest BCUT2D eigenvalue weighted by molar-refractivity contribution is 6.31. The van der Waals surface area contributed by atoms with Gasteiger partial charge in [-0.1, -0.05) is 54.1 Å². The number of nitrogens with one attached hydrogen (secondary N) is 1. The minimum atomic E-state index is -0.254. The first-order chi connectivity index (χ1) is 15.0. The van der Waals surface area contributed by atoms with Gasteiger partial charge < -0.3 is 14.6 Å². The summed E-state index contributed by atoms with van der Waals surface area (Å²) in [6.45, 7) is 0.325. The van der Waals surface area contributed by atoms with Gasteiger partial charge in [-0.2, -0.15) is 0 Å². The second-order valence-electron chi connectivity index (χ2n) is 6.97. The zero-order valence-electron chi connectivity index (χ0n) is 16.8. The maximum absolute atomic E-state index is 13.1. The molecule has 0 fully saturated rings. The van der Waals surface area contributed by atoms with Crippen molar-refractivity contribution in [2.24, 2.45) is 0 Å². The minimum absolute atomic E-state index is 0.0395. The summed E-state index contributed by atoms with van der Waals surface area (Å²) >= 11 is 6.10. The van der Waals surface area contributed by atoms with Crippen molar-refractivity contribution in [3.63, 3.8) is 0 Å². The Balaban J connectivity index is 1.59. The van der Waals surface area contributed by atoms with Crippen molar-refractivity contribution in [3.8, 4) is 5.75 Å². The molecule has 31 heavy (non-hydrogen) atoms. The van der Waals surface area contributed by atoms with E-state index in [1.165, 1.54) is 0 Å². The van der Waals surface area contributed by atoms with E-state index < -0.39 is 0 Å². The number of benzene rings is 3. The summed E-state index contributed by atoms with van der Waals surface area (Å²) in [7, 11) is 1.60. The highest BCUT2D eigenvalue weighted by atomic mass is 35.5. The topological polar surface area (TPSA) is 73.2 Å². The summed E-state index contributed by atoms with van der Waals surface area (Å²) in [6, 6.07) is 21.5. The predicted molar refractivity (Wildman–Crippen MR) is 119 cm³/mol. The molecule has 156 valence electrons. The number of nitrogens with zero attached hydrogens (tertiary/aromatic N) is 2. The highest BCUT2D eigenvalue weighted by Gasteiger charge is 2.21. The summed E-state index contributed by atoms with van der Waals surface area (Å²) in [5.74, 6) is 0.466. The molecule has 0 unspecified atom stereocenters. The SMILES string of the molecule is COc1ccc(CNC(=O)Cn2c(C(=O)c3ccccc3)nc3cc(Cl)ccc32)cc1. The molecular weight excluding hydrogens is 414 g/mol. The van der Waals surface area contributed by atoms with Crippen molar-refractivity contribution in [2.75, 3.05) is 7.11 Å². The lowest BCUT2D eigenvalue weighted by Gasteiger charge is -2.10. The number of ketones is 1.